The van der Waals surface area contributed by atoms with Crippen LogP contribution in [0.2, 0.25) is 0 Å². The van der Waals surface area contributed by atoms with Gasteiger partial charge < -0.3 is 10.1 Å². The van der Waals surface area contributed by atoms with Crippen LogP contribution in [-0.2, 0) is 9.53 Å². The number of hydrogen-bond donors (Lipinski definition) is 1. The maximum atomic E-state index is 11.7. The van der Waals surface area contributed by atoms with E-state index in [1.165, 1.54) is 0 Å². The first kappa shape index (κ1) is 16.2. The van der Waals surface area contributed by atoms with Crippen molar-refractivity contribution in [2.75, 3.05) is 32.8 Å². The van der Waals surface area contributed by atoms with Gasteiger partial charge in [0, 0.05) is 38.2 Å². The summed E-state index contributed by atoms with van der Waals surface area (Å²) in [6, 6.07) is 0. The Morgan fingerprint density at radius 2 is 2.00 bits per heavy atom. The summed E-state index contributed by atoms with van der Waals surface area (Å²) in [6.07, 6.45) is 1.16. The first-order valence-electron chi connectivity index (χ1n) is 7.33. The van der Waals surface area contributed by atoms with Gasteiger partial charge in [0.05, 0.1) is 12.2 Å². The first-order chi connectivity index (χ1) is 9.01. The molecular weight excluding hydrogens is 240 g/mol. The Hall–Kier alpha value is -0.870. The Morgan fingerprint density at radius 1 is 1.42 bits per heavy atom. The van der Waals surface area contributed by atoms with Gasteiger partial charge in [0.1, 0.15) is 0 Å². The van der Waals surface area contributed by atoms with Gasteiger partial charge in [-0.15, -0.1) is 0 Å². The molecule has 2 rings (SSSR count). The lowest BCUT2D eigenvalue weighted by Gasteiger charge is -2.55. The molecule has 0 unspecified atom stereocenters. The number of carbonyl (C=O) groups is 1. The summed E-state index contributed by atoms with van der Waals surface area (Å²) in [5.41, 5.74) is 0.786. The molecule has 2 fully saturated rings. The zero-order valence-electron chi connectivity index (χ0n) is 12.8. The van der Waals surface area contributed by atoms with Crippen molar-refractivity contribution in [3.05, 3.63) is 12.2 Å². The fourth-order valence-electron chi connectivity index (χ4n) is 2.28. The topological polar surface area (TPSA) is 41.6 Å². The lowest BCUT2D eigenvalue weighted by atomic mass is 9.86. The highest BCUT2D eigenvalue weighted by Crippen LogP contribution is 2.35. The van der Waals surface area contributed by atoms with E-state index >= 15 is 0 Å². The Morgan fingerprint density at radius 3 is 2.42 bits per heavy atom. The average Bonchev–Trinajstić information content (AvgIpc) is 2.29. The maximum absolute atomic E-state index is 11.7. The summed E-state index contributed by atoms with van der Waals surface area (Å²) >= 11 is 0. The summed E-state index contributed by atoms with van der Waals surface area (Å²) in [6.45, 7) is 16.2. The maximum Gasteiger partial charge on any atom is 0.247 e. The fourth-order valence-corrected chi connectivity index (χ4v) is 2.28. The molecule has 0 bridgehead atoms. The van der Waals surface area contributed by atoms with Crippen molar-refractivity contribution in [1.82, 2.24) is 10.2 Å². The predicted molar refractivity (Wildman–Crippen MR) is 78.1 cm³/mol. The van der Waals surface area contributed by atoms with E-state index in [0.717, 1.165) is 26.1 Å². The van der Waals surface area contributed by atoms with E-state index in [0.29, 0.717) is 24.6 Å². The normalized spacial score (nSPS) is 20.1. The molecule has 2 heterocycles. The quantitative estimate of drug-likeness (QED) is 0.773. The molecule has 2 saturated heterocycles. The lowest BCUT2D eigenvalue weighted by molar-refractivity contribution is -0.219. The van der Waals surface area contributed by atoms with Crippen LogP contribution in [0.1, 0.15) is 34.1 Å². The molecular formula is C15H28N2O2. The van der Waals surface area contributed by atoms with Gasteiger partial charge in [0.2, 0.25) is 5.91 Å². The van der Waals surface area contributed by atoms with Gasteiger partial charge in [-0.1, -0.05) is 34.3 Å². The highest BCUT2D eigenvalue weighted by Gasteiger charge is 2.48. The number of hydrogen-bond acceptors (Lipinski definition) is 3. The number of nitrogens with zero attached hydrogens (tertiary/aromatic N) is 1. The SMILES string of the molecule is C=C(CN1CC2(CCO2)C1)C(=O)NCC(C)C.CC. The molecule has 2 aliphatic heterocycles. The van der Waals surface area contributed by atoms with Crippen LogP contribution in [0.15, 0.2) is 12.2 Å². The Balaban J connectivity index is 0.000000861. The molecule has 110 valence electrons. The van der Waals surface area contributed by atoms with Gasteiger partial charge in [-0.3, -0.25) is 9.69 Å². The lowest BCUT2D eigenvalue weighted by Crippen LogP contribution is -2.68. The second-order valence-electron chi connectivity index (χ2n) is 5.63. The molecule has 4 heteroatoms. The molecule has 0 aromatic rings. The predicted octanol–water partition coefficient (Wildman–Crippen LogP) is 1.82. The summed E-state index contributed by atoms with van der Waals surface area (Å²) in [5, 5.41) is 2.89. The standard InChI is InChI=1S/C13H22N2O2.C2H6/c1-10(2)6-14-12(16)11(3)7-15-8-13(9-15)4-5-17-13;1-2/h10H,3-9H2,1-2H3,(H,14,16);1-2H3. The van der Waals surface area contributed by atoms with Gasteiger partial charge in [-0.25, -0.2) is 0 Å². The van der Waals surface area contributed by atoms with E-state index in [1.807, 2.05) is 13.8 Å². The van der Waals surface area contributed by atoms with Crippen molar-refractivity contribution in [3.63, 3.8) is 0 Å². The number of amides is 1. The zero-order valence-corrected chi connectivity index (χ0v) is 12.8. The highest BCUT2D eigenvalue weighted by molar-refractivity contribution is 5.93. The number of rotatable bonds is 5. The monoisotopic (exact) mass is 268 g/mol. The van der Waals surface area contributed by atoms with Gasteiger partial charge >= 0.3 is 0 Å². The molecule has 2 aliphatic rings. The fraction of sp³-hybridized carbons (Fsp3) is 0.800. The van der Waals surface area contributed by atoms with E-state index < -0.39 is 0 Å². The minimum Gasteiger partial charge on any atom is -0.372 e. The summed E-state index contributed by atoms with van der Waals surface area (Å²) in [7, 11) is 0. The Labute approximate surface area is 117 Å². The smallest absolute Gasteiger partial charge is 0.247 e. The van der Waals surface area contributed by atoms with E-state index in [4.69, 9.17) is 4.74 Å². The van der Waals surface area contributed by atoms with Crippen LogP contribution in [-0.4, -0.2) is 49.2 Å². The van der Waals surface area contributed by atoms with Crippen LogP contribution >= 0.6 is 0 Å². The molecule has 0 saturated carbocycles. The van der Waals surface area contributed by atoms with E-state index in [2.05, 4.69) is 30.6 Å². The van der Waals surface area contributed by atoms with Gasteiger partial charge in [-0.2, -0.15) is 0 Å². The highest BCUT2D eigenvalue weighted by atomic mass is 16.5. The number of nitrogens with one attached hydrogen (secondary N) is 1. The zero-order chi connectivity index (χ0) is 14.5. The molecule has 0 radical (unpaired) electrons. The van der Waals surface area contributed by atoms with Crippen LogP contribution in [0, 0.1) is 5.92 Å². The third-order valence-corrected chi connectivity index (χ3v) is 3.40. The summed E-state index contributed by atoms with van der Waals surface area (Å²) in [5.74, 6) is 0.455. The summed E-state index contributed by atoms with van der Waals surface area (Å²) in [4.78, 5) is 13.9. The molecule has 1 N–H and O–H groups in total. The van der Waals surface area contributed by atoms with E-state index in [-0.39, 0.29) is 11.5 Å². The van der Waals surface area contributed by atoms with Gasteiger partial charge in [0.25, 0.3) is 0 Å². The third kappa shape index (κ3) is 4.32. The number of ether oxygens (including phenoxy) is 1. The van der Waals surface area contributed by atoms with Crippen LogP contribution in [0.25, 0.3) is 0 Å². The van der Waals surface area contributed by atoms with Crippen molar-refractivity contribution >= 4 is 5.91 Å². The van der Waals surface area contributed by atoms with Crippen molar-refractivity contribution in [1.29, 1.82) is 0 Å². The largest absolute Gasteiger partial charge is 0.372 e. The average molecular weight is 268 g/mol. The minimum atomic E-state index is -0.0193. The minimum absolute atomic E-state index is 0.0193. The molecule has 0 atom stereocenters. The second kappa shape index (κ2) is 7.06. The molecule has 4 nitrogen and oxygen atoms in total. The number of likely N-dealkylation sites (tertiary alicyclic amines) is 1. The van der Waals surface area contributed by atoms with Crippen LogP contribution in [0.3, 0.4) is 0 Å². The first-order valence-corrected chi connectivity index (χ1v) is 7.33. The van der Waals surface area contributed by atoms with Gasteiger partial charge in [-0.05, 0) is 5.92 Å². The molecule has 0 aromatic carbocycles. The molecule has 1 spiro atoms. The molecule has 1 amide bonds. The van der Waals surface area contributed by atoms with Crippen molar-refractivity contribution in [2.45, 2.75) is 39.7 Å². The van der Waals surface area contributed by atoms with E-state index in [9.17, 15) is 4.79 Å². The molecule has 0 aromatic heterocycles. The number of carbonyl (C=O) groups excluding carboxylic acids is 1. The molecule has 0 aliphatic carbocycles. The van der Waals surface area contributed by atoms with Crippen LogP contribution in [0.5, 0.6) is 0 Å². The van der Waals surface area contributed by atoms with Crippen LogP contribution in [0.4, 0.5) is 0 Å². The van der Waals surface area contributed by atoms with Crippen LogP contribution < -0.4 is 5.32 Å². The van der Waals surface area contributed by atoms with E-state index in [1.54, 1.807) is 0 Å². The molecule has 19 heavy (non-hydrogen) atoms. The van der Waals surface area contributed by atoms with Crippen molar-refractivity contribution < 1.29 is 9.53 Å². The summed E-state index contributed by atoms with van der Waals surface area (Å²) < 4.78 is 5.53. The van der Waals surface area contributed by atoms with Crippen molar-refractivity contribution in [2.24, 2.45) is 5.92 Å². The van der Waals surface area contributed by atoms with Crippen molar-refractivity contribution in [3.8, 4) is 0 Å². The Kier molecular flexibility index (Phi) is 6.01. The Bertz CT molecular complexity index is 314. The third-order valence-electron chi connectivity index (χ3n) is 3.40. The second-order valence-corrected chi connectivity index (χ2v) is 5.63. The van der Waals surface area contributed by atoms with Gasteiger partial charge in [0.15, 0.2) is 0 Å².